The van der Waals surface area contributed by atoms with Crippen LogP contribution in [0.2, 0.25) is 0 Å². The fourth-order valence-corrected chi connectivity index (χ4v) is 6.03. The Balaban J connectivity index is 1.55. The number of aryl methyl sites for hydroxylation is 1. The number of nitrogens with one attached hydrogen (secondary N) is 2. The molecule has 0 aromatic heterocycles. The molecule has 29 heavy (non-hydrogen) atoms. The van der Waals surface area contributed by atoms with E-state index in [1.54, 1.807) is 16.4 Å². The average Bonchev–Trinajstić information content (AvgIpc) is 2.71. The van der Waals surface area contributed by atoms with Gasteiger partial charge in [-0.05, 0) is 44.2 Å². The minimum atomic E-state index is -3.46. The molecule has 2 aliphatic rings. The number of carbonyl (C=O) groups excluding carboxylic acids is 1. The van der Waals surface area contributed by atoms with E-state index in [-0.39, 0.29) is 18.0 Å². The Bertz CT molecular complexity index is 801. The number of rotatable bonds is 5. The third kappa shape index (κ3) is 5.01. The number of carbonyl (C=O) groups is 1. The first kappa shape index (κ1) is 22.2. The highest BCUT2D eigenvalue weighted by molar-refractivity contribution is 7.89. The summed E-state index contributed by atoms with van der Waals surface area (Å²) in [5.41, 5.74) is 1.04. The van der Waals surface area contributed by atoms with Gasteiger partial charge in [-0.3, -0.25) is 4.79 Å². The molecule has 1 amide bonds. The number of nitrogens with zero attached hydrogens (tertiary/aromatic N) is 1. The van der Waals surface area contributed by atoms with Crippen LogP contribution < -0.4 is 10.2 Å². The fourth-order valence-electron chi connectivity index (χ4n) is 4.58. The Morgan fingerprint density at radius 2 is 1.76 bits per heavy atom. The molecule has 0 spiro atoms. The molecule has 0 bridgehead atoms. The van der Waals surface area contributed by atoms with Crippen molar-refractivity contribution >= 4 is 15.9 Å². The van der Waals surface area contributed by atoms with Gasteiger partial charge in [-0.2, -0.15) is 4.31 Å². The molecule has 0 unspecified atom stereocenters. The number of quaternary nitrogens is 1. The lowest BCUT2D eigenvalue weighted by Crippen LogP contribution is -3.19. The van der Waals surface area contributed by atoms with Gasteiger partial charge in [0.1, 0.15) is 0 Å². The van der Waals surface area contributed by atoms with Crippen LogP contribution in [0.5, 0.6) is 0 Å². The van der Waals surface area contributed by atoms with Crippen LogP contribution in [0.3, 0.4) is 0 Å². The van der Waals surface area contributed by atoms with E-state index in [9.17, 15) is 13.2 Å². The maximum absolute atomic E-state index is 12.9. The predicted molar refractivity (Wildman–Crippen MR) is 114 cm³/mol. The zero-order valence-electron chi connectivity index (χ0n) is 18.1. The molecule has 3 rings (SSSR count). The highest BCUT2D eigenvalue weighted by Crippen LogP contribution is 2.29. The summed E-state index contributed by atoms with van der Waals surface area (Å²) >= 11 is 0. The summed E-state index contributed by atoms with van der Waals surface area (Å²) in [7, 11) is -3.46. The van der Waals surface area contributed by atoms with Crippen LogP contribution in [0.25, 0.3) is 0 Å². The summed E-state index contributed by atoms with van der Waals surface area (Å²) in [5, 5.41) is 3.28. The van der Waals surface area contributed by atoms with Gasteiger partial charge in [0.15, 0.2) is 6.04 Å². The molecule has 1 heterocycles. The second-order valence-corrected chi connectivity index (χ2v) is 10.9. The van der Waals surface area contributed by atoms with E-state index >= 15 is 0 Å². The van der Waals surface area contributed by atoms with Gasteiger partial charge in [-0.15, -0.1) is 0 Å². The summed E-state index contributed by atoms with van der Waals surface area (Å²) in [4.78, 5) is 14.3. The zero-order chi connectivity index (χ0) is 21.2. The number of amides is 1. The van der Waals surface area contributed by atoms with Crippen molar-refractivity contribution in [2.45, 2.75) is 63.9 Å². The first-order valence-electron chi connectivity index (χ1n) is 10.9. The van der Waals surface area contributed by atoms with Gasteiger partial charge in [0, 0.05) is 6.04 Å². The van der Waals surface area contributed by atoms with Crippen molar-refractivity contribution in [2.24, 2.45) is 11.8 Å². The first-order valence-corrected chi connectivity index (χ1v) is 12.4. The Kier molecular flexibility index (Phi) is 7.02. The van der Waals surface area contributed by atoms with Crippen LogP contribution in [0, 0.1) is 18.8 Å². The second kappa shape index (κ2) is 9.14. The SMILES string of the molecule is Cc1ccc(S(=O)(=O)N2CC[NH+]([C@@H](C)C(=O)N[C@H]3CCC[C@H](C)[C@@H]3C)CC2)cc1. The molecule has 162 valence electrons. The first-order chi connectivity index (χ1) is 13.7. The Morgan fingerprint density at radius 3 is 2.38 bits per heavy atom. The molecule has 1 aliphatic carbocycles. The molecule has 2 N–H and O–H groups in total. The molecule has 4 atom stereocenters. The standard InChI is InChI=1S/C22H35N3O3S/c1-16-8-10-20(11-9-16)29(27,28)25-14-12-24(13-15-25)19(4)22(26)23-21-7-5-6-17(2)18(21)3/h8-11,17-19,21H,5-7,12-15H2,1-4H3,(H,23,26)/p+1/t17-,18-,19-,21-/m0/s1. The third-order valence-corrected chi connectivity index (χ3v) is 8.98. The van der Waals surface area contributed by atoms with Crippen molar-refractivity contribution in [1.82, 2.24) is 9.62 Å². The van der Waals surface area contributed by atoms with Gasteiger partial charge in [0.25, 0.3) is 5.91 Å². The van der Waals surface area contributed by atoms with E-state index in [0.717, 1.165) is 16.9 Å². The van der Waals surface area contributed by atoms with Crippen LogP contribution in [0.1, 0.15) is 45.6 Å². The van der Waals surface area contributed by atoms with Crippen molar-refractivity contribution in [2.75, 3.05) is 26.2 Å². The highest BCUT2D eigenvalue weighted by atomic mass is 32.2. The topological polar surface area (TPSA) is 70.9 Å². The molecule has 6 nitrogen and oxygen atoms in total. The van der Waals surface area contributed by atoms with Gasteiger partial charge >= 0.3 is 0 Å². The normalized spacial score (nSPS) is 28.1. The number of benzene rings is 1. The zero-order valence-corrected chi connectivity index (χ0v) is 19.0. The Hall–Kier alpha value is -1.44. The van der Waals surface area contributed by atoms with Crippen LogP contribution in [0.15, 0.2) is 29.2 Å². The molecule has 2 fully saturated rings. The number of piperazine rings is 1. The monoisotopic (exact) mass is 422 g/mol. The molecule has 1 saturated heterocycles. The van der Waals surface area contributed by atoms with Gasteiger partial charge in [-0.1, -0.05) is 44.4 Å². The average molecular weight is 423 g/mol. The summed E-state index contributed by atoms with van der Waals surface area (Å²) < 4.78 is 27.3. The Morgan fingerprint density at radius 1 is 1.14 bits per heavy atom. The van der Waals surface area contributed by atoms with Crippen molar-refractivity contribution in [1.29, 1.82) is 0 Å². The molecule has 0 radical (unpaired) electrons. The van der Waals surface area contributed by atoms with E-state index in [0.29, 0.717) is 42.9 Å². The van der Waals surface area contributed by atoms with E-state index in [1.807, 2.05) is 26.0 Å². The van der Waals surface area contributed by atoms with Crippen LogP contribution in [-0.2, 0) is 14.8 Å². The lowest BCUT2D eigenvalue weighted by Gasteiger charge is -2.37. The van der Waals surface area contributed by atoms with Crippen LogP contribution in [-0.4, -0.2) is 56.9 Å². The lowest BCUT2D eigenvalue weighted by molar-refractivity contribution is -0.917. The smallest absolute Gasteiger partial charge is 0.278 e. The van der Waals surface area contributed by atoms with Crippen molar-refractivity contribution < 1.29 is 18.1 Å². The molecular weight excluding hydrogens is 386 g/mol. The number of hydrogen-bond donors (Lipinski definition) is 2. The van der Waals surface area contributed by atoms with Crippen LogP contribution in [0.4, 0.5) is 0 Å². The Labute approximate surface area is 175 Å². The van der Waals surface area contributed by atoms with Crippen LogP contribution >= 0.6 is 0 Å². The quantitative estimate of drug-likeness (QED) is 0.749. The third-order valence-electron chi connectivity index (χ3n) is 7.06. The van der Waals surface area contributed by atoms with Gasteiger partial charge in [0.2, 0.25) is 10.0 Å². The summed E-state index contributed by atoms with van der Waals surface area (Å²) in [6.45, 7) is 10.6. The lowest BCUT2D eigenvalue weighted by atomic mass is 9.78. The second-order valence-electron chi connectivity index (χ2n) is 8.98. The van der Waals surface area contributed by atoms with E-state index in [2.05, 4.69) is 19.2 Å². The number of hydrogen-bond acceptors (Lipinski definition) is 3. The van der Waals surface area contributed by atoms with E-state index in [1.165, 1.54) is 12.8 Å². The van der Waals surface area contributed by atoms with Gasteiger partial charge < -0.3 is 10.2 Å². The van der Waals surface area contributed by atoms with E-state index < -0.39 is 10.0 Å². The largest absolute Gasteiger partial charge is 0.348 e. The highest BCUT2D eigenvalue weighted by Gasteiger charge is 2.36. The summed E-state index contributed by atoms with van der Waals surface area (Å²) in [6, 6.07) is 7.10. The maximum atomic E-state index is 12.9. The van der Waals surface area contributed by atoms with Crippen molar-refractivity contribution in [3.05, 3.63) is 29.8 Å². The van der Waals surface area contributed by atoms with E-state index in [4.69, 9.17) is 0 Å². The van der Waals surface area contributed by atoms with Crippen molar-refractivity contribution in [3.63, 3.8) is 0 Å². The summed E-state index contributed by atoms with van der Waals surface area (Å²) in [5.74, 6) is 1.25. The minimum Gasteiger partial charge on any atom is -0.348 e. The molecule has 1 aromatic carbocycles. The van der Waals surface area contributed by atoms with Gasteiger partial charge in [0.05, 0.1) is 31.1 Å². The fraction of sp³-hybridized carbons (Fsp3) is 0.682. The molecule has 7 heteroatoms. The molecular formula is C22H36N3O3S+. The van der Waals surface area contributed by atoms with Crippen molar-refractivity contribution in [3.8, 4) is 0 Å². The van der Waals surface area contributed by atoms with Gasteiger partial charge in [-0.25, -0.2) is 8.42 Å². The number of sulfonamides is 1. The molecule has 1 saturated carbocycles. The molecule has 1 aliphatic heterocycles. The maximum Gasteiger partial charge on any atom is 0.278 e. The minimum absolute atomic E-state index is 0.0980. The predicted octanol–water partition coefficient (Wildman–Crippen LogP) is 1.21. The summed E-state index contributed by atoms with van der Waals surface area (Å²) in [6.07, 6.45) is 3.47. The molecule has 1 aromatic rings.